The number of hydrogen-bond donors (Lipinski definition) is 1. The largest absolute Gasteiger partial charge is 0.480 e. The molecule has 0 aliphatic rings. The van der Waals surface area contributed by atoms with Crippen LogP contribution in [-0.4, -0.2) is 36.9 Å². The molecule has 0 unspecified atom stereocenters. The van der Waals surface area contributed by atoms with Crippen molar-refractivity contribution in [3.05, 3.63) is 28.2 Å². The van der Waals surface area contributed by atoms with Crippen molar-refractivity contribution < 1.29 is 27.1 Å². The van der Waals surface area contributed by atoms with Gasteiger partial charge in [-0.25, -0.2) is 17.2 Å². The number of benzene rings is 1. The van der Waals surface area contributed by atoms with E-state index in [1.54, 1.807) is 6.92 Å². The third-order valence-corrected chi connectivity index (χ3v) is 4.85. The van der Waals surface area contributed by atoms with Crippen molar-refractivity contribution >= 4 is 31.9 Å². The van der Waals surface area contributed by atoms with Gasteiger partial charge in [0.15, 0.2) is 0 Å². The highest BCUT2D eigenvalue weighted by atomic mass is 79.9. The molecule has 0 amide bonds. The topological polar surface area (TPSA) is 74.7 Å². The summed E-state index contributed by atoms with van der Waals surface area (Å²) in [6.07, 6.45) is 0.340. The summed E-state index contributed by atoms with van der Waals surface area (Å²) in [6, 6.07) is 1.21. The van der Waals surface area contributed by atoms with E-state index in [4.69, 9.17) is 5.11 Å². The minimum absolute atomic E-state index is 0.105. The third-order valence-electron chi connectivity index (χ3n) is 2.38. The Labute approximate surface area is 123 Å². The number of carboxylic acids is 1. The van der Waals surface area contributed by atoms with Gasteiger partial charge in [0, 0.05) is 6.54 Å². The molecule has 0 heterocycles. The molecule has 1 rings (SSSR count). The van der Waals surface area contributed by atoms with Crippen molar-refractivity contribution in [2.45, 2.75) is 18.2 Å². The van der Waals surface area contributed by atoms with Crippen LogP contribution in [0.3, 0.4) is 0 Å². The van der Waals surface area contributed by atoms with Gasteiger partial charge in [0.25, 0.3) is 0 Å². The van der Waals surface area contributed by atoms with Crippen molar-refractivity contribution in [3.8, 4) is 0 Å². The Kier molecular flexibility index (Phi) is 5.60. The smallest absolute Gasteiger partial charge is 0.318 e. The Balaban J connectivity index is 3.32. The molecule has 1 aromatic carbocycles. The van der Waals surface area contributed by atoms with E-state index >= 15 is 0 Å². The minimum Gasteiger partial charge on any atom is -0.480 e. The lowest BCUT2D eigenvalue weighted by molar-refractivity contribution is -0.137. The molecule has 0 aliphatic carbocycles. The molecule has 0 aromatic heterocycles. The van der Waals surface area contributed by atoms with Gasteiger partial charge in [0.1, 0.15) is 23.1 Å². The zero-order valence-corrected chi connectivity index (χ0v) is 12.8. The van der Waals surface area contributed by atoms with Crippen LogP contribution in [0.4, 0.5) is 8.78 Å². The summed E-state index contributed by atoms with van der Waals surface area (Å²) in [4.78, 5) is 9.81. The van der Waals surface area contributed by atoms with Crippen LogP contribution in [0.5, 0.6) is 0 Å². The Morgan fingerprint density at radius 2 is 1.95 bits per heavy atom. The minimum atomic E-state index is -4.41. The van der Waals surface area contributed by atoms with Gasteiger partial charge >= 0.3 is 5.97 Å². The molecule has 20 heavy (non-hydrogen) atoms. The Hall–Kier alpha value is -1.06. The Morgan fingerprint density at radius 3 is 2.45 bits per heavy atom. The van der Waals surface area contributed by atoms with Gasteiger partial charge in [-0.15, -0.1) is 0 Å². The first kappa shape index (κ1) is 17.0. The zero-order chi connectivity index (χ0) is 15.5. The lowest BCUT2D eigenvalue weighted by Gasteiger charge is -2.20. The average molecular weight is 372 g/mol. The highest BCUT2D eigenvalue weighted by Gasteiger charge is 2.29. The highest BCUT2D eigenvalue weighted by Crippen LogP contribution is 2.25. The first-order chi connectivity index (χ1) is 9.20. The highest BCUT2D eigenvalue weighted by molar-refractivity contribution is 9.10. The van der Waals surface area contributed by atoms with E-state index < -0.39 is 39.1 Å². The molecule has 0 saturated carbocycles. The monoisotopic (exact) mass is 371 g/mol. The van der Waals surface area contributed by atoms with Gasteiger partial charge in [-0.3, -0.25) is 4.79 Å². The number of sulfonamides is 1. The van der Waals surface area contributed by atoms with Gasteiger partial charge in [-0.2, -0.15) is 4.31 Å². The van der Waals surface area contributed by atoms with E-state index in [1.807, 2.05) is 0 Å². The van der Waals surface area contributed by atoms with Crippen molar-refractivity contribution in [2.24, 2.45) is 0 Å². The predicted octanol–water partition coefficient (Wildman–Crippen LogP) is 2.21. The number of nitrogens with zero attached hydrogens (tertiary/aromatic N) is 1. The van der Waals surface area contributed by atoms with E-state index in [0.29, 0.717) is 22.9 Å². The summed E-state index contributed by atoms with van der Waals surface area (Å²) in [5.41, 5.74) is 0. The Bertz CT molecular complexity index is 621. The van der Waals surface area contributed by atoms with Gasteiger partial charge in [0.2, 0.25) is 10.0 Å². The summed E-state index contributed by atoms with van der Waals surface area (Å²) in [6.45, 7) is 0.724. The molecule has 9 heteroatoms. The maximum absolute atomic E-state index is 13.7. The number of rotatable bonds is 6. The summed E-state index contributed by atoms with van der Waals surface area (Å²) in [5, 5.41) is 8.71. The molecule has 0 bridgehead atoms. The number of carboxylic acid groups (broad SMARTS) is 1. The lowest BCUT2D eigenvalue weighted by atomic mass is 10.3. The summed E-state index contributed by atoms with van der Waals surface area (Å²) >= 11 is 2.74. The van der Waals surface area contributed by atoms with Crippen LogP contribution in [0.25, 0.3) is 0 Å². The molecule has 5 nitrogen and oxygen atoms in total. The molecule has 112 valence electrons. The van der Waals surface area contributed by atoms with Crippen LogP contribution >= 0.6 is 15.9 Å². The van der Waals surface area contributed by atoms with Gasteiger partial charge < -0.3 is 5.11 Å². The molecule has 1 N–H and O–H groups in total. The van der Waals surface area contributed by atoms with Crippen LogP contribution < -0.4 is 0 Å². The molecular formula is C11H12BrF2NO4S. The lowest BCUT2D eigenvalue weighted by Crippen LogP contribution is -2.36. The number of halogens is 3. The SMILES string of the molecule is CCCN(CC(=O)O)S(=O)(=O)c1cc(F)c(Br)cc1F. The summed E-state index contributed by atoms with van der Waals surface area (Å²) in [7, 11) is -4.41. The quantitative estimate of drug-likeness (QED) is 0.777. The number of aliphatic carboxylic acids is 1. The van der Waals surface area contributed by atoms with E-state index in [0.717, 1.165) is 0 Å². The Morgan fingerprint density at radius 1 is 1.35 bits per heavy atom. The molecule has 0 fully saturated rings. The standard InChI is InChI=1S/C11H12BrF2NO4S/c1-2-3-15(6-11(16)17)20(18,19)10-5-8(13)7(12)4-9(10)14/h4-5H,2-3,6H2,1H3,(H,16,17). The van der Waals surface area contributed by atoms with E-state index in [1.165, 1.54) is 0 Å². The van der Waals surface area contributed by atoms with E-state index in [9.17, 15) is 22.0 Å². The normalized spacial score (nSPS) is 11.8. The molecular weight excluding hydrogens is 360 g/mol. The third kappa shape index (κ3) is 3.74. The second kappa shape index (κ2) is 6.59. The van der Waals surface area contributed by atoms with E-state index in [2.05, 4.69) is 15.9 Å². The first-order valence-electron chi connectivity index (χ1n) is 5.56. The fourth-order valence-electron chi connectivity index (χ4n) is 1.53. The van der Waals surface area contributed by atoms with Crippen molar-refractivity contribution in [3.63, 3.8) is 0 Å². The molecule has 0 radical (unpaired) electrons. The number of carbonyl (C=O) groups is 1. The van der Waals surface area contributed by atoms with Crippen LogP contribution in [-0.2, 0) is 14.8 Å². The molecule has 0 spiro atoms. The van der Waals surface area contributed by atoms with E-state index in [-0.39, 0.29) is 11.0 Å². The van der Waals surface area contributed by atoms with Crippen molar-refractivity contribution in [1.82, 2.24) is 4.31 Å². The van der Waals surface area contributed by atoms with Crippen molar-refractivity contribution in [1.29, 1.82) is 0 Å². The second-order valence-electron chi connectivity index (χ2n) is 3.93. The maximum Gasteiger partial charge on any atom is 0.318 e. The number of hydrogen-bond acceptors (Lipinski definition) is 3. The predicted molar refractivity (Wildman–Crippen MR) is 70.7 cm³/mol. The van der Waals surface area contributed by atoms with Crippen LogP contribution in [0.15, 0.2) is 21.5 Å². The van der Waals surface area contributed by atoms with Gasteiger partial charge in [-0.1, -0.05) is 6.92 Å². The summed E-state index contributed by atoms with van der Waals surface area (Å²) < 4.78 is 51.9. The van der Waals surface area contributed by atoms with Gasteiger partial charge in [-0.05, 0) is 34.5 Å². The maximum atomic E-state index is 13.7. The van der Waals surface area contributed by atoms with Crippen LogP contribution in [0, 0.1) is 11.6 Å². The zero-order valence-electron chi connectivity index (χ0n) is 10.4. The van der Waals surface area contributed by atoms with Crippen LogP contribution in [0.2, 0.25) is 0 Å². The van der Waals surface area contributed by atoms with Crippen molar-refractivity contribution in [2.75, 3.05) is 13.1 Å². The summed E-state index contributed by atoms with van der Waals surface area (Å²) in [5.74, 6) is -3.47. The molecule has 0 aliphatic heterocycles. The average Bonchev–Trinajstić information content (AvgIpc) is 2.32. The fraction of sp³-hybridized carbons (Fsp3) is 0.364. The second-order valence-corrected chi connectivity index (χ2v) is 6.69. The molecule has 0 atom stereocenters. The van der Waals surface area contributed by atoms with Crippen LogP contribution in [0.1, 0.15) is 13.3 Å². The van der Waals surface area contributed by atoms with Gasteiger partial charge in [0.05, 0.1) is 4.47 Å². The fourth-order valence-corrected chi connectivity index (χ4v) is 3.38. The molecule has 1 aromatic rings. The first-order valence-corrected chi connectivity index (χ1v) is 7.80. The molecule has 0 saturated heterocycles.